The molecule has 0 aliphatic carbocycles. The molecular formula is C20H23NO3. The molecule has 2 aromatic rings. The van der Waals surface area contributed by atoms with E-state index in [9.17, 15) is 4.79 Å². The molecule has 1 saturated heterocycles. The quantitative estimate of drug-likeness (QED) is 0.848. The Kier molecular flexibility index (Phi) is 5.49. The number of rotatable bonds is 5. The van der Waals surface area contributed by atoms with Gasteiger partial charge in [0.05, 0.1) is 12.7 Å². The molecule has 1 fully saturated rings. The van der Waals surface area contributed by atoms with Gasteiger partial charge in [-0.1, -0.05) is 48.5 Å². The first-order valence-electron chi connectivity index (χ1n) is 8.36. The Morgan fingerprint density at radius 2 is 1.92 bits per heavy atom. The van der Waals surface area contributed by atoms with Crippen molar-refractivity contribution in [3.05, 3.63) is 65.7 Å². The number of para-hydroxylation sites is 1. The van der Waals surface area contributed by atoms with Crippen LogP contribution in [0.5, 0.6) is 5.75 Å². The van der Waals surface area contributed by atoms with Gasteiger partial charge < -0.3 is 14.4 Å². The summed E-state index contributed by atoms with van der Waals surface area (Å²) in [5.41, 5.74) is 2.31. The van der Waals surface area contributed by atoms with Crippen LogP contribution in [0.2, 0.25) is 0 Å². The third-order valence-electron chi connectivity index (χ3n) is 4.15. The molecule has 0 spiro atoms. The second-order valence-electron chi connectivity index (χ2n) is 6.08. The van der Waals surface area contributed by atoms with Crippen LogP contribution < -0.4 is 4.74 Å². The molecule has 1 aliphatic heterocycles. The summed E-state index contributed by atoms with van der Waals surface area (Å²) in [5, 5.41) is 0. The van der Waals surface area contributed by atoms with Crippen molar-refractivity contribution in [2.75, 3.05) is 26.3 Å². The Balaban J connectivity index is 1.62. The summed E-state index contributed by atoms with van der Waals surface area (Å²) in [6, 6.07) is 18.2. The number of morpholine rings is 1. The molecule has 0 saturated carbocycles. The van der Waals surface area contributed by atoms with E-state index in [1.807, 2.05) is 54.3 Å². The Bertz CT molecular complexity index is 672. The van der Waals surface area contributed by atoms with E-state index in [0.717, 1.165) is 17.7 Å². The van der Waals surface area contributed by atoms with Crippen LogP contribution in [-0.4, -0.2) is 43.2 Å². The minimum Gasteiger partial charge on any atom is -0.483 e. The van der Waals surface area contributed by atoms with Gasteiger partial charge >= 0.3 is 0 Å². The van der Waals surface area contributed by atoms with Crippen molar-refractivity contribution < 1.29 is 14.3 Å². The van der Waals surface area contributed by atoms with Crippen LogP contribution in [0.25, 0.3) is 0 Å². The van der Waals surface area contributed by atoms with Crippen molar-refractivity contribution in [1.82, 2.24) is 4.90 Å². The van der Waals surface area contributed by atoms with Gasteiger partial charge in [0.1, 0.15) is 5.75 Å². The first-order valence-corrected chi connectivity index (χ1v) is 8.36. The van der Waals surface area contributed by atoms with Crippen LogP contribution in [-0.2, 0) is 16.0 Å². The number of ether oxygens (including phenoxy) is 2. The second-order valence-corrected chi connectivity index (χ2v) is 6.08. The summed E-state index contributed by atoms with van der Waals surface area (Å²) in [4.78, 5) is 14.1. The Morgan fingerprint density at radius 1 is 1.17 bits per heavy atom. The average molecular weight is 325 g/mol. The molecule has 24 heavy (non-hydrogen) atoms. The molecule has 1 heterocycles. The summed E-state index contributed by atoms with van der Waals surface area (Å²) in [5.74, 6) is 0.788. The zero-order valence-corrected chi connectivity index (χ0v) is 14.0. The fourth-order valence-electron chi connectivity index (χ4n) is 2.88. The van der Waals surface area contributed by atoms with Crippen molar-refractivity contribution in [1.29, 1.82) is 0 Å². The van der Waals surface area contributed by atoms with Crippen LogP contribution >= 0.6 is 0 Å². The van der Waals surface area contributed by atoms with Gasteiger partial charge in [-0.15, -0.1) is 0 Å². The highest BCUT2D eigenvalue weighted by atomic mass is 16.5. The number of carbonyl (C=O) groups excluding carboxylic acids is 1. The van der Waals surface area contributed by atoms with Gasteiger partial charge in [-0.3, -0.25) is 4.79 Å². The zero-order chi connectivity index (χ0) is 16.8. The molecule has 3 rings (SSSR count). The first-order chi connectivity index (χ1) is 11.7. The highest BCUT2D eigenvalue weighted by Gasteiger charge is 2.21. The third-order valence-corrected chi connectivity index (χ3v) is 4.15. The van der Waals surface area contributed by atoms with Crippen LogP contribution in [0.1, 0.15) is 18.1 Å². The largest absolute Gasteiger partial charge is 0.483 e. The summed E-state index contributed by atoms with van der Waals surface area (Å²) < 4.78 is 11.3. The van der Waals surface area contributed by atoms with Crippen LogP contribution in [0.3, 0.4) is 0 Å². The van der Waals surface area contributed by atoms with E-state index in [1.165, 1.54) is 5.56 Å². The van der Waals surface area contributed by atoms with Crippen LogP contribution in [0.4, 0.5) is 0 Å². The third kappa shape index (κ3) is 4.36. The van der Waals surface area contributed by atoms with Gasteiger partial charge in [0.15, 0.2) is 6.61 Å². The molecule has 126 valence electrons. The molecule has 4 heteroatoms. The maximum absolute atomic E-state index is 12.3. The van der Waals surface area contributed by atoms with Gasteiger partial charge in [-0.25, -0.2) is 0 Å². The molecular weight excluding hydrogens is 302 g/mol. The minimum atomic E-state index is 0.0136. The molecule has 4 nitrogen and oxygen atoms in total. The predicted octanol–water partition coefficient (Wildman–Crippen LogP) is 2.90. The minimum absolute atomic E-state index is 0.0136. The predicted molar refractivity (Wildman–Crippen MR) is 93.2 cm³/mol. The van der Waals surface area contributed by atoms with Crippen LogP contribution in [0, 0.1) is 0 Å². The molecule has 1 aliphatic rings. The highest BCUT2D eigenvalue weighted by Crippen LogP contribution is 2.21. The van der Waals surface area contributed by atoms with Crippen molar-refractivity contribution >= 4 is 5.91 Å². The molecule has 1 unspecified atom stereocenters. The lowest BCUT2D eigenvalue weighted by Crippen LogP contribution is -2.46. The lowest BCUT2D eigenvalue weighted by Gasteiger charge is -2.31. The summed E-state index contributed by atoms with van der Waals surface area (Å²) >= 11 is 0. The van der Waals surface area contributed by atoms with Gasteiger partial charge in [0.25, 0.3) is 5.91 Å². The van der Waals surface area contributed by atoms with Crippen LogP contribution in [0.15, 0.2) is 54.6 Å². The van der Waals surface area contributed by atoms with Gasteiger partial charge in [0, 0.05) is 19.5 Å². The Labute approximate surface area is 143 Å². The summed E-state index contributed by atoms with van der Waals surface area (Å²) in [6.45, 7) is 3.91. The summed E-state index contributed by atoms with van der Waals surface area (Å²) in [6.07, 6.45) is 0.882. The standard InChI is InChI=1S/C20H23NO3/c1-16-14-21(11-12-23-16)20(22)15-24-19-10-6-5-9-18(19)13-17-7-3-2-4-8-17/h2-10,16H,11-15H2,1H3. The monoisotopic (exact) mass is 325 g/mol. The lowest BCUT2D eigenvalue weighted by atomic mass is 10.0. The van der Waals surface area contributed by atoms with E-state index in [0.29, 0.717) is 19.7 Å². The molecule has 2 aromatic carbocycles. The van der Waals surface area contributed by atoms with E-state index >= 15 is 0 Å². The molecule has 1 amide bonds. The molecule has 0 N–H and O–H groups in total. The normalized spacial score (nSPS) is 17.5. The molecule has 0 radical (unpaired) electrons. The van der Waals surface area contributed by atoms with Gasteiger partial charge in [-0.2, -0.15) is 0 Å². The topological polar surface area (TPSA) is 38.8 Å². The van der Waals surface area contributed by atoms with Crippen molar-refractivity contribution in [3.63, 3.8) is 0 Å². The lowest BCUT2D eigenvalue weighted by molar-refractivity contribution is -0.140. The number of amides is 1. The highest BCUT2D eigenvalue weighted by molar-refractivity contribution is 5.78. The van der Waals surface area contributed by atoms with E-state index in [-0.39, 0.29) is 18.6 Å². The number of hydrogen-bond donors (Lipinski definition) is 0. The van der Waals surface area contributed by atoms with Gasteiger partial charge in [0.2, 0.25) is 0 Å². The Morgan fingerprint density at radius 3 is 2.71 bits per heavy atom. The summed E-state index contributed by atoms with van der Waals surface area (Å²) in [7, 11) is 0. The number of hydrogen-bond acceptors (Lipinski definition) is 3. The smallest absolute Gasteiger partial charge is 0.260 e. The molecule has 1 atom stereocenters. The number of nitrogens with zero attached hydrogens (tertiary/aromatic N) is 1. The van der Waals surface area contributed by atoms with Crippen molar-refractivity contribution in [2.24, 2.45) is 0 Å². The van der Waals surface area contributed by atoms with E-state index in [1.54, 1.807) is 0 Å². The fourth-order valence-corrected chi connectivity index (χ4v) is 2.88. The van der Waals surface area contributed by atoms with E-state index in [4.69, 9.17) is 9.47 Å². The van der Waals surface area contributed by atoms with E-state index in [2.05, 4.69) is 12.1 Å². The Hall–Kier alpha value is -2.33. The number of benzene rings is 2. The molecule has 0 aromatic heterocycles. The van der Waals surface area contributed by atoms with Crippen molar-refractivity contribution in [3.8, 4) is 5.75 Å². The SMILES string of the molecule is CC1CN(C(=O)COc2ccccc2Cc2ccccc2)CCO1. The molecule has 0 bridgehead atoms. The maximum atomic E-state index is 12.3. The second kappa shape index (κ2) is 7.97. The fraction of sp³-hybridized carbons (Fsp3) is 0.350. The maximum Gasteiger partial charge on any atom is 0.260 e. The van der Waals surface area contributed by atoms with Crippen molar-refractivity contribution in [2.45, 2.75) is 19.4 Å². The van der Waals surface area contributed by atoms with Gasteiger partial charge in [-0.05, 0) is 24.1 Å². The first kappa shape index (κ1) is 16.5. The average Bonchev–Trinajstić information content (AvgIpc) is 2.61. The number of carbonyl (C=O) groups is 1. The van der Waals surface area contributed by atoms with E-state index < -0.39 is 0 Å². The zero-order valence-electron chi connectivity index (χ0n) is 14.0.